The van der Waals surface area contributed by atoms with Gasteiger partial charge in [-0.2, -0.15) is 0 Å². The van der Waals surface area contributed by atoms with Gasteiger partial charge in [-0.25, -0.2) is 8.42 Å². The molecule has 2 aromatic carbocycles. The van der Waals surface area contributed by atoms with E-state index in [1.807, 2.05) is 0 Å². The van der Waals surface area contributed by atoms with Gasteiger partial charge in [0.2, 0.25) is 5.91 Å². The lowest BCUT2D eigenvalue weighted by atomic mass is 10.1. The smallest absolute Gasteiger partial charge is 0.262 e. The Hall–Kier alpha value is -3.07. The van der Waals surface area contributed by atoms with Crippen molar-refractivity contribution in [2.45, 2.75) is 43.5 Å². The number of hydrogen-bond donors (Lipinski definition) is 3. The number of methoxy groups -OCH3 is 1. The Morgan fingerprint density at radius 2 is 1.73 bits per heavy atom. The molecule has 1 fully saturated rings. The van der Waals surface area contributed by atoms with Crippen LogP contribution in [0.5, 0.6) is 5.75 Å². The van der Waals surface area contributed by atoms with E-state index >= 15 is 0 Å². The summed E-state index contributed by atoms with van der Waals surface area (Å²) < 4.78 is 33.6. The fourth-order valence-electron chi connectivity index (χ4n) is 3.44. The summed E-state index contributed by atoms with van der Waals surface area (Å²) in [5.41, 5.74) is 0.813. The molecular weight excluding hydrogens is 406 g/mol. The maximum absolute atomic E-state index is 12.9. The van der Waals surface area contributed by atoms with Crippen LogP contribution in [0.4, 0.5) is 11.4 Å². The number of rotatable bonds is 7. The minimum absolute atomic E-state index is 0.0561. The number of hydrogen-bond acceptors (Lipinski definition) is 5. The molecule has 0 bridgehead atoms. The molecular formula is C21H25N3O5S. The van der Waals surface area contributed by atoms with E-state index in [2.05, 4.69) is 15.4 Å². The molecule has 0 aliphatic heterocycles. The summed E-state index contributed by atoms with van der Waals surface area (Å²) in [5.74, 6) is -0.400. The number of nitrogens with one attached hydrogen (secondary N) is 3. The van der Waals surface area contributed by atoms with E-state index in [-0.39, 0.29) is 39.8 Å². The third-order valence-electron chi connectivity index (χ3n) is 4.90. The quantitative estimate of drug-likeness (QED) is 0.623. The predicted octanol–water partition coefficient (Wildman–Crippen LogP) is 3.13. The van der Waals surface area contributed by atoms with Gasteiger partial charge in [-0.3, -0.25) is 14.3 Å². The first-order valence-corrected chi connectivity index (χ1v) is 11.2. The summed E-state index contributed by atoms with van der Waals surface area (Å²) in [6.45, 7) is 1.35. The van der Waals surface area contributed by atoms with Crippen LogP contribution < -0.4 is 20.1 Å². The standard InChI is InChI=1S/C21H25N3O5S/c1-14(25)22-19-12-11-16(13-20(19)29-2)30(27,28)24-18-10-6-5-9-17(18)21(26)23-15-7-3-4-8-15/h5-6,9-13,15,24H,3-4,7-8H2,1-2H3,(H,22,25)(H,23,26). The molecule has 3 rings (SSSR count). The Kier molecular flexibility index (Phi) is 6.61. The highest BCUT2D eigenvalue weighted by Gasteiger charge is 2.23. The molecule has 0 heterocycles. The first-order valence-electron chi connectivity index (χ1n) is 9.68. The highest BCUT2D eigenvalue weighted by Crippen LogP contribution is 2.29. The number of benzene rings is 2. The van der Waals surface area contributed by atoms with Crippen molar-refractivity contribution in [2.24, 2.45) is 0 Å². The van der Waals surface area contributed by atoms with Gasteiger partial charge in [0.05, 0.1) is 28.9 Å². The molecule has 3 N–H and O–H groups in total. The summed E-state index contributed by atoms with van der Waals surface area (Å²) in [4.78, 5) is 23.9. The topological polar surface area (TPSA) is 114 Å². The fraction of sp³-hybridized carbons (Fsp3) is 0.333. The minimum atomic E-state index is -4.00. The molecule has 30 heavy (non-hydrogen) atoms. The lowest BCUT2D eigenvalue weighted by Crippen LogP contribution is -2.33. The van der Waals surface area contributed by atoms with Crippen LogP contribution in [-0.4, -0.2) is 33.4 Å². The second-order valence-electron chi connectivity index (χ2n) is 7.15. The van der Waals surface area contributed by atoms with Gasteiger partial charge in [0.1, 0.15) is 5.75 Å². The number of amides is 2. The molecule has 0 aromatic heterocycles. The van der Waals surface area contributed by atoms with Crippen LogP contribution in [0.15, 0.2) is 47.4 Å². The molecule has 0 unspecified atom stereocenters. The first kappa shape index (κ1) is 21.6. The number of para-hydroxylation sites is 1. The van der Waals surface area contributed by atoms with E-state index in [4.69, 9.17) is 4.74 Å². The number of carbonyl (C=O) groups is 2. The monoisotopic (exact) mass is 431 g/mol. The molecule has 160 valence electrons. The maximum atomic E-state index is 12.9. The minimum Gasteiger partial charge on any atom is -0.495 e. The van der Waals surface area contributed by atoms with Crippen molar-refractivity contribution < 1.29 is 22.7 Å². The van der Waals surface area contributed by atoms with Gasteiger partial charge in [0.25, 0.3) is 15.9 Å². The van der Waals surface area contributed by atoms with Crippen molar-refractivity contribution in [2.75, 3.05) is 17.1 Å². The van der Waals surface area contributed by atoms with Crippen LogP contribution in [0, 0.1) is 0 Å². The molecule has 0 saturated heterocycles. The number of sulfonamides is 1. The maximum Gasteiger partial charge on any atom is 0.262 e. The van der Waals surface area contributed by atoms with Crippen molar-refractivity contribution in [1.29, 1.82) is 0 Å². The van der Waals surface area contributed by atoms with Crippen LogP contribution in [0.1, 0.15) is 43.0 Å². The SMILES string of the molecule is COc1cc(S(=O)(=O)Nc2ccccc2C(=O)NC2CCCC2)ccc1NC(C)=O. The van der Waals surface area contributed by atoms with Crippen LogP contribution in [0.3, 0.4) is 0 Å². The molecule has 0 atom stereocenters. The Bertz CT molecular complexity index is 1050. The number of ether oxygens (including phenoxy) is 1. The normalized spacial score (nSPS) is 14.2. The third-order valence-corrected chi connectivity index (χ3v) is 6.26. The van der Waals surface area contributed by atoms with Crippen molar-refractivity contribution in [1.82, 2.24) is 5.32 Å². The van der Waals surface area contributed by atoms with E-state index in [0.29, 0.717) is 5.69 Å². The Morgan fingerprint density at radius 3 is 2.40 bits per heavy atom. The van der Waals surface area contributed by atoms with E-state index in [1.165, 1.54) is 32.2 Å². The number of anilines is 2. The third kappa shape index (κ3) is 5.10. The van der Waals surface area contributed by atoms with Crippen molar-refractivity contribution >= 4 is 33.2 Å². The highest BCUT2D eigenvalue weighted by atomic mass is 32.2. The average Bonchev–Trinajstić information content (AvgIpc) is 3.20. The molecule has 0 spiro atoms. The van der Waals surface area contributed by atoms with Crippen molar-refractivity contribution in [3.8, 4) is 5.75 Å². The fourth-order valence-corrected chi connectivity index (χ4v) is 4.53. The van der Waals surface area contributed by atoms with E-state index < -0.39 is 10.0 Å². The van der Waals surface area contributed by atoms with Crippen LogP contribution >= 0.6 is 0 Å². The zero-order chi connectivity index (χ0) is 21.7. The van der Waals surface area contributed by atoms with Gasteiger partial charge in [0, 0.05) is 19.0 Å². The lowest BCUT2D eigenvalue weighted by Gasteiger charge is -2.16. The van der Waals surface area contributed by atoms with E-state index in [1.54, 1.807) is 24.3 Å². The number of carbonyl (C=O) groups excluding carboxylic acids is 2. The second-order valence-corrected chi connectivity index (χ2v) is 8.83. The summed E-state index contributed by atoms with van der Waals surface area (Å²) in [7, 11) is -2.62. The van der Waals surface area contributed by atoms with Crippen LogP contribution in [0.2, 0.25) is 0 Å². The van der Waals surface area contributed by atoms with Gasteiger partial charge in [-0.1, -0.05) is 25.0 Å². The van der Waals surface area contributed by atoms with Gasteiger partial charge in [0.15, 0.2) is 0 Å². The molecule has 8 nitrogen and oxygen atoms in total. The molecule has 1 aliphatic rings. The Balaban J connectivity index is 1.85. The predicted molar refractivity (Wildman–Crippen MR) is 114 cm³/mol. The second kappa shape index (κ2) is 9.17. The van der Waals surface area contributed by atoms with E-state index in [9.17, 15) is 18.0 Å². The highest BCUT2D eigenvalue weighted by molar-refractivity contribution is 7.92. The molecule has 2 amide bonds. The summed E-state index contributed by atoms with van der Waals surface area (Å²) in [6, 6.07) is 10.7. The summed E-state index contributed by atoms with van der Waals surface area (Å²) >= 11 is 0. The lowest BCUT2D eigenvalue weighted by molar-refractivity contribution is -0.114. The molecule has 2 aromatic rings. The van der Waals surface area contributed by atoms with Gasteiger partial charge < -0.3 is 15.4 Å². The Labute approximate surface area is 176 Å². The van der Waals surface area contributed by atoms with Crippen LogP contribution in [-0.2, 0) is 14.8 Å². The molecule has 1 saturated carbocycles. The molecule has 9 heteroatoms. The summed E-state index contributed by atoms with van der Waals surface area (Å²) in [6.07, 6.45) is 4.02. The van der Waals surface area contributed by atoms with Gasteiger partial charge in [-0.05, 0) is 37.1 Å². The average molecular weight is 432 g/mol. The van der Waals surface area contributed by atoms with Crippen molar-refractivity contribution in [3.63, 3.8) is 0 Å². The first-order chi connectivity index (χ1) is 14.3. The Morgan fingerprint density at radius 1 is 1.03 bits per heavy atom. The van der Waals surface area contributed by atoms with Crippen molar-refractivity contribution in [3.05, 3.63) is 48.0 Å². The van der Waals surface area contributed by atoms with Gasteiger partial charge >= 0.3 is 0 Å². The van der Waals surface area contributed by atoms with E-state index in [0.717, 1.165) is 25.7 Å². The molecule has 0 radical (unpaired) electrons. The summed E-state index contributed by atoms with van der Waals surface area (Å²) in [5, 5.41) is 5.55. The zero-order valence-corrected chi connectivity index (χ0v) is 17.7. The molecule has 1 aliphatic carbocycles. The largest absolute Gasteiger partial charge is 0.495 e. The van der Waals surface area contributed by atoms with Gasteiger partial charge in [-0.15, -0.1) is 0 Å². The van der Waals surface area contributed by atoms with Crippen LogP contribution in [0.25, 0.3) is 0 Å². The zero-order valence-electron chi connectivity index (χ0n) is 16.9.